The first-order valence-corrected chi connectivity index (χ1v) is 6.63. The van der Waals surface area contributed by atoms with E-state index >= 15 is 0 Å². The van der Waals surface area contributed by atoms with Gasteiger partial charge in [-0.05, 0) is 31.5 Å². The van der Waals surface area contributed by atoms with Gasteiger partial charge in [0, 0.05) is 13.1 Å². The van der Waals surface area contributed by atoms with Crippen molar-refractivity contribution in [3.8, 4) is 11.8 Å². The van der Waals surface area contributed by atoms with E-state index < -0.39 is 5.79 Å². The third-order valence-corrected chi connectivity index (χ3v) is 3.15. The van der Waals surface area contributed by atoms with Crippen LogP contribution in [-0.2, 0) is 16.0 Å². The minimum Gasteiger partial charge on any atom is -0.495 e. The van der Waals surface area contributed by atoms with Gasteiger partial charge in [-0.3, -0.25) is 0 Å². The van der Waals surface area contributed by atoms with Crippen LogP contribution in [0.3, 0.4) is 0 Å². The Balaban J connectivity index is 1.84. The minimum absolute atomic E-state index is 0.0682. The topological polar surface area (TPSA) is 63.5 Å². The molecule has 0 bridgehead atoms. The summed E-state index contributed by atoms with van der Waals surface area (Å²) >= 11 is 0. The number of benzene rings is 1. The summed E-state index contributed by atoms with van der Waals surface area (Å²) in [6, 6.07) is 7.73. The molecule has 1 aromatic rings. The lowest BCUT2D eigenvalue weighted by atomic mass is 10.1. The van der Waals surface area contributed by atoms with Gasteiger partial charge in [-0.15, -0.1) is 0 Å². The van der Waals surface area contributed by atoms with E-state index in [0.29, 0.717) is 24.5 Å². The second-order valence-electron chi connectivity index (χ2n) is 5.23. The summed E-state index contributed by atoms with van der Waals surface area (Å²) in [4.78, 5) is 0. The van der Waals surface area contributed by atoms with Gasteiger partial charge in [0.05, 0.1) is 25.4 Å². The Labute approximate surface area is 119 Å². The largest absolute Gasteiger partial charge is 0.495 e. The van der Waals surface area contributed by atoms with E-state index in [1.54, 1.807) is 7.11 Å². The fourth-order valence-electron chi connectivity index (χ4n) is 2.19. The van der Waals surface area contributed by atoms with Gasteiger partial charge in [0.15, 0.2) is 5.79 Å². The van der Waals surface area contributed by atoms with Crippen LogP contribution >= 0.6 is 0 Å². The van der Waals surface area contributed by atoms with Crippen LogP contribution in [0.2, 0.25) is 0 Å². The van der Waals surface area contributed by atoms with Crippen molar-refractivity contribution in [2.75, 3.05) is 20.3 Å². The molecule has 1 atom stereocenters. The molecule has 5 nitrogen and oxygen atoms in total. The highest BCUT2D eigenvalue weighted by atomic mass is 16.7. The molecule has 1 fully saturated rings. The molecule has 1 aromatic carbocycles. The van der Waals surface area contributed by atoms with Gasteiger partial charge < -0.3 is 19.5 Å². The molecule has 0 saturated carbocycles. The molecule has 2 rings (SSSR count). The van der Waals surface area contributed by atoms with Crippen molar-refractivity contribution in [1.82, 2.24) is 5.32 Å². The molecule has 1 aliphatic heterocycles. The van der Waals surface area contributed by atoms with Gasteiger partial charge in [-0.25, -0.2) is 0 Å². The van der Waals surface area contributed by atoms with E-state index in [1.807, 2.05) is 32.0 Å². The Morgan fingerprint density at radius 2 is 2.30 bits per heavy atom. The highest BCUT2D eigenvalue weighted by Crippen LogP contribution is 2.22. The molecule has 1 saturated heterocycles. The molecular formula is C15H20N2O3. The number of nitrogens with one attached hydrogen (secondary N) is 1. The highest BCUT2D eigenvalue weighted by molar-refractivity contribution is 5.45. The van der Waals surface area contributed by atoms with Gasteiger partial charge >= 0.3 is 0 Å². The average molecular weight is 276 g/mol. The lowest BCUT2D eigenvalue weighted by molar-refractivity contribution is -0.137. The Bertz CT molecular complexity index is 508. The maximum absolute atomic E-state index is 9.04. The molecule has 108 valence electrons. The predicted molar refractivity (Wildman–Crippen MR) is 74.3 cm³/mol. The summed E-state index contributed by atoms with van der Waals surface area (Å²) in [5, 5.41) is 12.4. The van der Waals surface area contributed by atoms with Crippen molar-refractivity contribution < 1.29 is 14.2 Å². The van der Waals surface area contributed by atoms with E-state index in [2.05, 4.69) is 11.4 Å². The second kappa shape index (κ2) is 6.23. The zero-order valence-corrected chi connectivity index (χ0v) is 12.1. The van der Waals surface area contributed by atoms with Crippen molar-refractivity contribution in [3.05, 3.63) is 29.3 Å². The molecular weight excluding hydrogens is 256 g/mol. The first-order chi connectivity index (χ1) is 9.54. The summed E-state index contributed by atoms with van der Waals surface area (Å²) < 4.78 is 16.3. The van der Waals surface area contributed by atoms with Crippen LogP contribution in [0.15, 0.2) is 18.2 Å². The van der Waals surface area contributed by atoms with E-state index in [0.717, 1.165) is 12.1 Å². The quantitative estimate of drug-likeness (QED) is 0.888. The number of hydrogen-bond acceptors (Lipinski definition) is 5. The van der Waals surface area contributed by atoms with Gasteiger partial charge in [0.25, 0.3) is 0 Å². The van der Waals surface area contributed by atoms with Crippen LogP contribution in [0, 0.1) is 11.3 Å². The minimum atomic E-state index is -0.486. The first kappa shape index (κ1) is 14.8. The molecule has 0 aromatic heterocycles. The first-order valence-electron chi connectivity index (χ1n) is 6.63. The van der Waals surface area contributed by atoms with Crippen LogP contribution in [0.25, 0.3) is 0 Å². The van der Waals surface area contributed by atoms with E-state index in [4.69, 9.17) is 19.5 Å². The monoisotopic (exact) mass is 276 g/mol. The Morgan fingerprint density at radius 3 is 2.90 bits per heavy atom. The lowest BCUT2D eigenvalue weighted by Gasteiger charge is -2.17. The fraction of sp³-hybridized carbons (Fsp3) is 0.533. The van der Waals surface area contributed by atoms with Crippen LogP contribution < -0.4 is 10.1 Å². The predicted octanol–water partition coefficient (Wildman–Crippen LogP) is 1.81. The number of ether oxygens (including phenoxy) is 3. The average Bonchev–Trinajstić information content (AvgIpc) is 2.78. The fourth-order valence-corrected chi connectivity index (χ4v) is 2.19. The van der Waals surface area contributed by atoms with E-state index in [-0.39, 0.29) is 6.10 Å². The van der Waals surface area contributed by atoms with E-state index in [1.165, 1.54) is 0 Å². The smallest absolute Gasteiger partial charge is 0.163 e. The van der Waals surface area contributed by atoms with Crippen LogP contribution in [0.5, 0.6) is 5.75 Å². The molecule has 1 unspecified atom stereocenters. The third-order valence-electron chi connectivity index (χ3n) is 3.15. The molecule has 5 heteroatoms. The molecule has 1 N–H and O–H groups in total. The summed E-state index contributed by atoms with van der Waals surface area (Å²) in [6.45, 7) is 5.83. The number of nitrogens with zero attached hydrogens (tertiary/aromatic N) is 1. The van der Waals surface area contributed by atoms with Crippen molar-refractivity contribution in [1.29, 1.82) is 5.26 Å². The zero-order valence-electron chi connectivity index (χ0n) is 12.1. The van der Waals surface area contributed by atoms with Crippen LogP contribution in [0.4, 0.5) is 0 Å². The SMILES string of the molecule is COc1ccc(CNCC2COC(C)(C)O2)cc1C#N. The number of hydrogen-bond donors (Lipinski definition) is 1. The normalized spacial score (nSPS) is 20.6. The van der Waals surface area contributed by atoms with Gasteiger partial charge in [-0.1, -0.05) is 6.07 Å². The molecule has 0 aliphatic carbocycles. The Morgan fingerprint density at radius 1 is 1.50 bits per heavy atom. The maximum Gasteiger partial charge on any atom is 0.163 e. The third kappa shape index (κ3) is 3.70. The second-order valence-corrected chi connectivity index (χ2v) is 5.23. The lowest BCUT2D eigenvalue weighted by Crippen LogP contribution is -2.30. The summed E-state index contributed by atoms with van der Waals surface area (Å²) in [5.74, 6) is 0.117. The standard InChI is InChI=1S/C15H20N2O3/c1-15(2)19-10-13(20-15)9-17-8-11-4-5-14(18-3)12(6-11)7-16/h4-6,13,17H,8-10H2,1-3H3. The molecule has 0 spiro atoms. The molecule has 1 heterocycles. The summed E-state index contributed by atoms with van der Waals surface area (Å²) in [5.41, 5.74) is 1.59. The molecule has 0 radical (unpaired) electrons. The highest BCUT2D eigenvalue weighted by Gasteiger charge is 2.32. The van der Waals surface area contributed by atoms with Gasteiger partial charge in [0.1, 0.15) is 11.8 Å². The summed E-state index contributed by atoms with van der Waals surface area (Å²) in [7, 11) is 1.56. The zero-order chi connectivity index (χ0) is 14.6. The Kier molecular flexibility index (Phi) is 4.61. The number of rotatable bonds is 5. The van der Waals surface area contributed by atoms with E-state index in [9.17, 15) is 0 Å². The molecule has 1 aliphatic rings. The molecule has 0 amide bonds. The van der Waals surface area contributed by atoms with Crippen molar-refractivity contribution in [2.24, 2.45) is 0 Å². The molecule has 20 heavy (non-hydrogen) atoms. The van der Waals surface area contributed by atoms with Crippen molar-refractivity contribution in [3.63, 3.8) is 0 Å². The van der Waals surface area contributed by atoms with Crippen molar-refractivity contribution >= 4 is 0 Å². The number of nitriles is 1. The summed E-state index contributed by atoms with van der Waals surface area (Å²) in [6.07, 6.45) is 0.0682. The van der Waals surface area contributed by atoms with Crippen LogP contribution in [0.1, 0.15) is 25.0 Å². The van der Waals surface area contributed by atoms with Crippen LogP contribution in [-0.4, -0.2) is 32.2 Å². The number of methoxy groups -OCH3 is 1. The maximum atomic E-state index is 9.04. The van der Waals surface area contributed by atoms with Crippen molar-refractivity contribution in [2.45, 2.75) is 32.3 Å². The van der Waals surface area contributed by atoms with Gasteiger partial charge in [0.2, 0.25) is 0 Å². The van der Waals surface area contributed by atoms with Gasteiger partial charge in [-0.2, -0.15) is 5.26 Å². The Hall–Kier alpha value is -1.61.